The summed E-state index contributed by atoms with van der Waals surface area (Å²) >= 11 is 3.61. The molecule has 0 saturated carbocycles. The molecule has 4 heteroatoms. The van der Waals surface area contributed by atoms with Crippen molar-refractivity contribution in [2.45, 2.75) is 13.8 Å². The highest BCUT2D eigenvalue weighted by Gasteiger charge is 2.14. The van der Waals surface area contributed by atoms with Crippen LogP contribution in [0.15, 0.2) is 40.9 Å². The van der Waals surface area contributed by atoms with E-state index in [1.54, 1.807) is 0 Å². The summed E-state index contributed by atoms with van der Waals surface area (Å²) in [6.45, 7) is 4.03. The first-order valence-corrected chi connectivity index (χ1v) is 6.54. The third-order valence-electron chi connectivity index (χ3n) is 2.89. The summed E-state index contributed by atoms with van der Waals surface area (Å²) in [6, 6.07) is 12.2. The van der Waals surface area contributed by atoms with Crippen LogP contribution in [0.1, 0.15) is 11.4 Å². The van der Waals surface area contributed by atoms with Gasteiger partial charge >= 0.3 is 0 Å². The van der Waals surface area contributed by atoms with Crippen molar-refractivity contribution in [2.24, 2.45) is 0 Å². The highest BCUT2D eigenvalue weighted by Crippen LogP contribution is 2.30. The quantitative estimate of drug-likeness (QED) is 0.685. The van der Waals surface area contributed by atoms with Gasteiger partial charge in [-0.25, -0.2) is 9.50 Å². The lowest BCUT2D eigenvalue weighted by molar-refractivity contribution is 0.889. The van der Waals surface area contributed by atoms with Gasteiger partial charge in [-0.05, 0) is 35.8 Å². The maximum absolute atomic E-state index is 4.63. The van der Waals surface area contributed by atoms with E-state index in [1.165, 1.54) is 0 Å². The average molecular weight is 302 g/mol. The fourth-order valence-electron chi connectivity index (χ4n) is 2.08. The van der Waals surface area contributed by atoms with Gasteiger partial charge in [-0.3, -0.25) is 0 Å². The minimum absolute atomic E-state index is 0.867. The normalized spacial score (nSPS) is 11.1. The first-order chi connectivity index (χ1) is 8.66. The summed E-state index contributed by atoms with van der Waals surface area (Å²) < 4.78 is 2.82. The number of hydrogen-bond donors (Lipinski definition) is 0. The van der Waals surface area contributed by atoms with Crippen LogP contribution in [0.5, 0.6) is 0 Å². The molecular weight excluding hydrogens is 290 g/mol. The number of nitrogens with zero attached hydrogens (tertiary/aromatic N) is 3. The third-order valence-corrected chi connectivity index (χ3v) is 3.62. The maximum Gasteiger partial charge on any atom is 0.170 e. The zero-order valence-corrected chi connectivity index (χ0v) is 11.8. The van der Waals surface area contributed by atoms with Gasteiger partial charge in [-0.15, -0.1) is 0 Å². The van der Waals surface area contributed by atoms with E-state index < -0.39 is 0 Å². The van der Waals surface area contributed by atoms with Gasteiger partial charge in [-0.2, -0.15) is 5.10 Å². The van der Waals surface area contributed by atoms with Gasteiger partial charge in [0.1, 0.15) is 5.69 Å². The molecule has 0 saturated heterocycles. The van der Waals surface area contributed by atoms with Gasteiger partial charge in [0.25, 0.3) is 0 Å². The second-order valence-corrected chi connectivity index (χ2v) is 5.10. The van der Waals surface area contributed by atoms with E-state index in [9.17, 15) is 0 Å². The van der Waals surface area contributed by atoms with E-state index in [-0.39, 0.29) is 0 Å². The van der Waals surface area contributed by atoms with E-state index in [2.05, 4.69) is 38.1 Å². The molecule has 0 aliphatic carbocycles. The Bertz CT molecular complexity index is 717. The van der Waals surface area contributed by atoms with Crippen molar-refractivity contribution in [1.82, 2.24) is 14.6 Å². The van der Waals surface area contributed by atoms with Crippen molar-refractivity contribution in [2.75, 3.05) is 0 Å². The smallest absolute Gasteiger partial charge is 0.170 e. The molecule has 0 aliphatic heterocycles. The van der Waals surface area contributed by atoms with Crippen molar-refractivity contribution in [3.63, 3.8) is 0 Å². The number of rotatable bonds is 1. The SMILES string of the molecule is Cc1cc(C)n2nc(-c3ccccc3)c(Br)c2n1. The topological polar surface area (TPSA) is 30.2 Å². The number of hydrogen-bond acceptors (Lipinski definition) is 2. The predicted molar refractivity (Wildman–Crippen MR) is 75.6 cm³/mol. The Balaban J connectivity index is 2.33. The number of fused-ring (bicyclic) bond motifs is 1. The largest absolute Gasteiger partial charge is 0.233 e. The molecule has 0 unspecified atom stereocenters. The van der Waals surface area contributed by atoms with Gasteiger partial charge in [0.05, 0.1) is 4.47 Å². The van der Waals surface area contributed by atoms with Crippen LogP contribution >= 0.6 is 15.9 Å². The number of halogens is 1. The number of benzene rings is 1. The third kappa shape index (κ3) is 1.73. The van der Waals surface area contributed by atoms with E-state index in [0.29, 0.717) is 0 Å². The molecule has 2 heterocycles. The molecule has 90 valence electrons. The molecule has 2 aromatic heterocycles. The van der Waals surface area contributed by atoms with Crippen molar-refractivity contribution < 1.29 is 0 Å². The first kappa shape index (κ1) is 11.4. The molecule has 0 spiro atoms. The van der Waals surface area contributed by atoms with E-state index in [0.717, 1.165) is 32.8 Å². The van der Waals surface area contributed by atoms with Crippen LogP contribution in [0.4, 0.5) is 0 Å². The lowest BCUT2D eigenvalue weighted by atomic mass is 10.2. The Labute approximate surface area is 114 Å². The van der Waals surface area contributed by atoms with E-state index in [4.69, 9.17) is 0 Å². The molecule has 0 N–H and O–H groups in total. The van der Waals surface area contributed by atoms with Gasteiger partial charge in [0.2, 0.25) is 0 Å². The van der Waals surface area contributed by atoms with Crippen molar-refractivity contribution in [3.8, 4) is 11.3 Å². The summed E-state index contributed by atoms with van der Waals surface area (Å²) in [5.74, 6) is 0. The molecule has 18 heavy (non-hydrogen) atoms. The molecule has 0 bridgehead atoms. The van der Waals surface area contributed by atoms with Gasteiger partial charge in [-0.1, -0.05) is 30.3 Å². The number of aromatic nitrogens is 3. The minimum atomic E-state index is 0.867. The van der Waals surface area contributed by atoms with Crippen LogP contribution in [-0.2, 0) is 0 Å². The Hall–Kier alpha value is -1.68. The Morgan fingerprint density at radius 2 is 1.83 bits per heavy atom. The summed E-state index contributed by atoms with van der Waals surface area (Å²) in [4.78, 5) is 4.54. The Morgan fingerprint density at radius 3 is 2.56 bits per heavy atom. The highest BCUT2D eigenvalue weighted by atomic mass is 79.9. The fraction of sp³-hybridized carbons (Fsp3) is 0.143. The van der Waals surface area contributed by atoms with Crippen LogP contribution < -0.4 is 0 Å². The van der Waals surface area contributed by atoms with Crippen molar-refractivity contribution in [3.05, 3.63) is 52.3 Å². The molecule has 1 aromatic carbocycles. The maximum atomic E-state index is 4.63. The molecule has 3 nitrogen and oxygen atoms in total. The molecule has 3 aromatic rings. The van der Waals surface area contributed by atoms with Crippen LogP contribution in [0.25, 0.3) is 16.9 Å². The minimum Gasteiger partial charge on any atom is -0.233 e. The summed E-state index contributed by atoms with van der Waals surface area (Å²) in [7, 11) is 0. The molecule has 0 aliphatic rings. The van der Waals surface area contributed by atoms with Gasteiger partial charge in [0, 0.05) is 17.0 Å². The average Bonchev–Trinajstić information content (AvgIpc) is 2.69. The zero-order valence-electron chi connectivity index (χ0n) is 10.2. The standard InChI is InChI=1S/C14H12BrN3/c1-9-8-10(2)18-14(16-9)12(15)13(17-18)11-6-4-3-5-7-11/h3-8H,1-2H3. The monoisotopic (exact) mass is 301 g/mol. The molecule has 0 radical (unpaired) electrons. The molecule has 0 fully saturated rings. The highest BCUT2D eigenvalue weighted by molar-refractivity contribution is 9.10. The number of aryl methyl sites for hydroxylation is 2. The first-order valence-electron chi connectivity index (χ1n) is 5.75. The van der Waals surface area contributed by atoms with Gasteiger partial charge < -0.3 is 0 Å². The Kier molecular flexibility index (Phi) is 2.67. The fourth-order valence-corrected chi connectivity index (χ4v) is 2.64. The predicted octanol–water partition coefficient (Wildman–Crippen LogP) is 3.78. The van der Waals surface area contributed by atoms with Crippen LogP contribution in [0.2, 0.25) is 0 Å². The van der Waals surface area contributed by atoms with E-state index in [1.807, 2.05) is 42.6 Å². The summed E-state index contributed by atoms with van der Waals surface area (Å²) in [6.07, 6.45) is 0. The molecule has 0 amide bonds. The van der Waals surface area contributed by atoms with E-state index >= 15 is 0 Å². The van der Waals surface area contributed by atoms with Crippen molar-refractivity contribution >= 4 is 21.6 Å². The van der Waals surface area contributed by atoms with Crippen LogP contribution in [0.3, 0.4) is 0 Å². The lowest BCUT2D eigenvalue weighted by Crippen LogP contribution is -1.97. The van der Waals surface area contributed by atoms with Crippen LogP contribution in [-0.4, -0.2) is 14.6 Å². The Morgan fingerprint density at radius 1 is 1.11 bits per heavy atom. The molecule has 0 atom stereocenters. The van der Waals surface area contributed by atoms with Gasteiger partial charge in [0.15, 0.2) is 5.65 Å². The molecule has 3 rings (SSSR count). The van der Waals surface area contributed by atoms with Crippen LogP contribution in [0, 0.1) is 13.8 Å². The summed E-state index contributed by atoms with van der Waals surface area (Å²) in [5.41, 5.74) is 4.97. The second-order valence-electron chi connectivity index (χ2n) is 4.30. The lowest BCUT2D eigenvalue weighted by Gasteiger charge is -1.99. The summed E-state index contributed by atoms with van der Waals surface area (Å²) in [5, 5.41) is 4.63. The zero-order chi connectivity index (χ0) is 12.7. The molecular formula is C14H12BrN3. The van der Waals surface area contributed by atoms with Crippen molar-refractivity contribution in [1.29, 1.82) is 0 Å². The second kappa shape index (κ2) is 4.21.